The highest BCUT2D eigenvalue weighted by Gasteiger charge is 2.31. The van der Waals surface area contributed by atoms with E-state index in [2.05, 4.69) is 28.2 Å². The zero-order valence-electron chi connectivity index (χ0n) is 11.0. The highest BCUT2D eigenvalue weighted by molar-refractivity contribution is 9.11. The minimum Gasteiger partial charge on any atom is -0.338 e. The fourth-order valence-electron chi connectivity index (χ4n) is 2.17. The molecular formula is C13H19BrN2OS. The molecule has 0 atom stereocenters. The van der Waals surface area contributed by atoms with Gasteiger partial charge in [-0.25, -0.2) is 0 Å². The van der Waals surface area contributed by atoms with Crippen LogP contribution in [0, 0.1) is 6.92 Å². The lowest BCUT2D eigenvalue weighted by Crippen LogP contribution is -2.51. The van der Waals surface area contributed by atoms with Crippen LogP contribution in [0.3, 0.4) is 0 Å². The van der Waals surface area contributed by atoms with Crippen molar-refractivity contribution in [3.05, 3.63) is 20.3 Å². The number of likely N-dealkylation sites (tertiary alicyclic amines) is 1. The minimum absolute atomic E-state index is 0.173. The highest BCUT2D eigenvalue weighted by atomic mass is 79.9. The number of carbonyl (C=O) groups excluding carboxylic acids is 1. The highest BCUT2D eigenvalue weighted by Crippen LogP contribution is 2.29. The number of thiophene rings is 1. The first-order chi connectivity index (χ1) is 8.45. The van der Waals surface area contributed by atoms with Gasteiger partial charge in [0.2, 0.25) is 0 Å². The fraction of sp³-hybridized carbons (Fsp3) is 0.615. The Morgan fingerprint density at radius 3 is 2.56 bits per heavy atom. The quantitative estimate of drug-likeness (QED) is 0.903. The number of nitrogens with zero attached hydrogens (tertiary/aromatic N) is 1. The van der Waals surface area contributed by atoms with Crippen molar-refractivity contribution in [3.8, 4) is 0 Å². The van der Waals surface area contributed by atoms with E-state index in [9.17, 15) is 4.79 Å². The first kappa shape index (κ1) is 14.0. The van der Waals surface area contributed by atoms with E-state index in [1.165, 1.54) is 11.3 Å². The minimum atomic E-state index is 0.173. The van der Waals surface area contributed by atoms with Crippen molar-refractivity contribution in [3.63, 3.8) is 0 Å². The van der Waals surface area contributed by atoms with Crippen LogP contribution in [-0.2, 0) is 0 Å². The number of rotatable bonds is 2. The van der Waals surface area contributed by atoms with Gasteiger partial charge in [-0.05, 0) is 61.3 Å². The molecule has 1 saturated heterocycles. The molecule has 0 bridgehead atoms. The standard InChI is InChI=1S/C13H19BrN2OS/c1-9-8-10(18-11(9)14)12(17)16-6-4-13(2,15-3)5-7-16/h8,15H,4-7H2,1-3H3. The average molecular weight is 331 g/mol. The molecule has 1 fully saturated rings. The zero-order chi connectivity index (χ0) is 13.3. The summed E-state index contributed by atoms with van der Waals surface area (Å²) in [5.74, 6) is 0.173. The second-order valence-corrected chi connectivity index (χ2v) is 7.54. The Morgan fingerprint density at radius 2 is 2.11 bits per heavy atom. The number of aryl methyl sites for hydroxylation is 1. The van der Waals surface area contributed by atoms with Crippen LogP contribution in [0.25, 0.3) is 0 Å². The number of hydrogen-bond donors (Lipinski definition) is 1. The fourth-order valence-corrected chi connectivity index (χ4v) is 3.68. The van der Waals surface area contributed by atoms with Crippen molar-refractivity contribution in [2.75, 3.05) is 20.1 Å². The molecule has 0 unspecified atom stereocenters. The molecule has 1 aromatic rings. The second-order valence-electron chi connectivity index (χ2n) is 5.17. The second kappa shape index (κ2) is 5.31. The SMILES string of the molecule is CNC1(C)CCN(C(=O)c2cc(C)c(Br)s2)CC1. The zero-order valence-corrected chi connectivity index (χ0v) is 13.4. The Hall–Kier alpha value is -0.390. The maximum absolute atomic E-state index is 12.4. The van der Waals surface area contributed by atoms with E-state index in [4.69, 9.17) is 0 Å². The normalized spacial score (nSPS) is 19.0. The number of hydrogen-bond acceptors (Lipinski definition) is 3. The number of amides is 1. The Balaban J connectivity index is 2.04. The van der Waals surface area contributed by atoms with Gasteiger partial charge in [0.25, 0.3) is 5.91 Å². The van der Waals surface area contributed by atoms with Crippen molar-refractivity contribution in [1.82, 2.24) is 10.2 Å². The third-order valence-electron chi connectivity index (χ3n) is 3.83. The van der Waals surface area contributed by atoms with E-state index >= 15 is 0 Å². The van der Waals surface area contributed by atoms with Crippen molar-refractivity contribution < 1.29 is 4.79 Å². The molecule has 1 N–H and O–H groups in total. The Kier molecular flexibility index (Phi) is 4.14. The maximum atomic E-state index is 12.4. The Morgan fingerprint density at radius 1 is 1.50 bits per heavy atom. The first-order valence-electron chi connectivity index (χ1n) is 6.19. The van der Waals surface area contributed by atoms with E-state index in [0.29, 0.717) is 0 Å². The topological polar surface area (TPSA) is 32.3 Å². The van der Waals surface area contributed by atoms with E-state index in [0.717, 1.165) is 40.2 Å². The number of piperidine rings is 1. The molecule has 1 aliphatic heterocycles. The largest absolute Gasteiger partial charge is 0.338 e. The number of carbonyl (C=O) groups is 1. The van der Waals surface area contributed by atoms with Gasteiger partial charge in [-0.15, -0.1) is 11.3 Å². The summed E-state index contributed by atoms with van der Waals surface area (Å²) in [7, 11) is 2.00. The molecule has 1 aliphatic rings. The predicted octanol–water partition coefficient (Wildman–Crippen LogP) is 3.03. The summed E-state index contributed by atoms with van der Waals surface area (Å²) in [5.41, 5.74) is 1.32. The van der Waals surface area contributed by atoms with Gasteiger partial charge in [0.15, 0.2) is 0 Å². The molecule has 0 aliphatic carbocycles. The van der Waals surface area contributed by atoms with Gasteiger partial charge in [-0.1, -0.05) is 0 Å². The molecule has 2 heterocycles. The van der Waals surface area contributed by atoms with Crippen molar-refractivity contribution in [2.45, 2.75) is 32.2 Å². The molecule has 3 nitrogen and oxygen atoms in total. The third kappa shape index (κ3) is 2.78. The number of nitrogens with one attached hydrogen (secondary N) is 1. The molecule has 0 aromatic carbocycles. The molecule has 0 radical (unpaired) electrons. The van der Waals surface area contributed by atoms with Crippen LogP contribution in [-0.4, -0.2) is 36.5 Å². The summed E-state index contributed by atoms with van der Waals surface area (Å²) in [4.78, 5) is 15.2. The molecule has 100 valence electrons. The van der Waals surface area contributed by atoms with Crippen LogP contribution in [0.15, 0.2) is 9.85 Å². The Labute approximate surface area is 121 Å². The van der Waals surface area contributed by atoms with E-state index < -0.39 is 0 Å². The Bertz CT molecular complexity index is 430. The van der Waals surface area contributed by atoms with Gasteiger partial charge >= 0.3 is 0 Å². The molecule has 0 saturated carbocycles. The lowest BCUT2D eigenvalue weighted by molar-refractivity contribution is 0.0666. The van der Waals surface area contributed by atoms with Crippen molar-refractivity contribution >= 4 is 33.2 Å². The van der Waals surface area contributed by atoms with E-state index in [-0.39, 0.29) is 11.4 Å². The van der Waals surface area contributed by atoms with Crippen molar-refractivity contribution in [2.24, 2.45) is 0 Å². The van der Waals surface area contributed by atoms with Crippen LogP contribution >= 0.6 is 27.3 Å². The molecule has 18 heavy (non-hydrogen) atoms. The number of halogens is 1. The maximum Gasteiger partial charge on any atom is 0.263 e. The van der Waals surface area contributed by atoms with Crippen LogP contribution in [0.1, 0.15) is 35.0 Å². The third-order valence-corrected chi connectivity index (χ3v) is 5.95. The van der Waals surface area contributed by atoms with Gasteiger partial charge < -0.3 is 10.2 Å². The van der Waals surface area contributed by atoms with Gasteiger partial charge in [0, 0.05) is 18.6 Å². The smallest absolute Gasteiger partial charge is 0.263 e. The van der Waals surface area contributed by atoms with Crippen LogP contribution in [0.4, 0.5) is 0 Å². The van der Waals surface area contributed by atoms with Crippen LogP contribution in [0.5, 0.6) is 0 Å². The summed E-state index contributed by atoms with van der Waals surface area (Å²) in [6, 6.07) is 1.98. The summed E-state index contributed by atoms with van der Waals surface area (Å²) in [5, 5.41) is 3.35. The van der Waals surface area contributed by atoms with E-state index in [1.807, 2.05) is 24.9 Å². The molecule has 5 heteroatoms. The molecule has 0 spiro atoms. The average Bonchev–Trinajstić information content (AvgIpc) is 2.70. The van der Waals surface area contributed by atoms with Crippen LogP contribution < -0.4 is 5.32 Å². The van der Waals surface area contributed by atoms with Gasteiger partial charge in [0.1, 0.15) is 0 Å². The summed E-state index contributed by atoms with van der Waals surface area (Å²) >= 11 is 5.01. The monoisotopic (exact) mass is 330 g/mol. The summed E-state index contributed by atoms with van der Waals surface area (Å²) in [6.07, 6.45) is 2.03. The predicted molar refractivity (Wildman–Crippen MR) is 79.4 cm³/mol. The van der Waals surface area contributed by atoms with Gasteiger partial charge in [0.05, 0.1) is 8.66 Å². The summed E-state index contributed by atoms with van der Waals surface area (Å²) < 4.78 is 1.06. The lowest BCUT2D eigenvalue weighted by atomic mass is 9.90. The van der Waals surface area contributed by atoms with Gasteiger partial charge in [-0.3, -0.25) is 4.79 Å². The van der Waals surface area contributed by atoms with Crippen molar-refractivity contribution in [1.29, 1.82) is 0 Å². The molecular weight excluding hydrogens is 312 g/mol. The van der Waals surface area contributed by atoms with Gasteiger partial charge in [-0.2, -0.15) is 0 Å². The molecule has 2 rings (SSSR count). The molecule has 1 aromatic heterocycles. The molecule has 1 amide bonds. The lowest BCUT2D eigenvalue weighted by Gasteiger charge is -2.39. The first-order valence-corrected chi connectivity index (χ1v) is 7.80. The van der Waals surface area contributed by atoms with Crippen LogP contribution in [0.2, 0.25) is 0 Å². The van der Waals surface area contributed by atoms with E-state index in [1.54, 1.807) is 0 Å². The summed E-state index contributed by atoms with van der Waals surface area (Å²) in [6.45, 7) is 5.92.